The monoisotopic (exact) mass is 383 g/mol. The van der Waals surface area contributed by atoms with E-state index in [2.05, 4.69) is 57.5 Å². The van der Waals surface area contributed by atoms with Gasteiger partial charge in [-0.25, -0.2) is 0 Å². The Balaban J connectivity index is 4.55. The topological polar surface area (TPSA) is 87.3 Å². The minimum absolute atomic E-state index is 0.0768. The van der Waals surface area contributed by atoms with Crippen molar-refractivity contribution in [2.45, 2.75) is 86.1 Å². The Bertz CT molecular complexity index is 448. The molecule has 0 aromatic rings. The van der Waals surface area contributed by atoms with Gasteiger partial charge in [-0.2, -0.15) is 0 Å². The van der Waals surface area contributed by atoms with Crippen molar-refractivity contribution in [3.63, 3.8) is 0 Å². The average molecular weight is 384 g/mol. The molecule has 158 valence electrons. The molecule has 0 spiro atoms. The van der Waals surface area contributed by atoms with Crippen LogP contribution in [0.4, 0.5) is 0 Å². The van der Waals surface area contributed by atoms with Gasteiger partial charge in [-0.15, -0.1) is 0 Å². The molecule has 3 N–H and O–H groups in total. The summed E-state index contributed by atoms with van der Waals surface area (Å²) < 4.78 is 0. The van der Waals surface area contributed by atoms with Crippen LogP contribution in [0.15, 0.2) is 0 Å². The van der Waals surface area contributed by atoms with Crippen molar-refractivity contribution in [2.24, 2.45) is 17.8 Å². The summed E-state index contributed by atoms with van der Waals surface area (Å²) in [6.45, 7) is 13.7. The molecule has 6 nitrogen and oxygen atoms in total. The minimum atomic E-state index is -0.660. The van der Waals surface area contributed by atoms with E-state index in [1.165, 1.54) is 0 Å². The number of hydrogen-bond acceptors (Lipinski definition) is 3. The number of carbonyl (C=O) groups is 3. The van der Waals surface area contributed by atoms with Crippen LogP contribution in [0.1, 0.15) is 80.1 Å². The SMILES string of the molecule is CC(C)CCNC(=O)CC[C@H](NC(=O)CCC(C)C)C(=O)NCCC(C)C. The normalized spacial score (nSPS) is 12.3. The second-order valence-electron chi connectivity index (χ2n) is 8.60. The zero-order valence-corrected chi connectivity index (χ0v) is 18.2. The Morgan fingerprint density at radius 1 is 0.630 bits per heavy atom. The van der Waals surface area contributed by atoms with Gasteiger partial charge in [-0.1, -0.05) is 41.5 Å². The van der Waals surface area contributed by atoms with E-state index in [4.69, 9.17) is 0 Å². The zero-order chi connectivity index (χ0) is 20.8. The molecule has 0 unspecified atom stereocenters. The van der Waals surface area contributed by atoms with Gasteiger partial charge in [0.1, 0.15) is 6.04 Å². The van der Waals surface area contributed by atoms with Crippen LogP contribution in [0.2, 0.25) is 0 Å². The predicted octanol–water partition coefficient (Wildman–Crippen LogP) is 3.01. The molecule has 3 amide bonds. The van der Waals surface area contributed by atoms with Gasteiger partial charge in [0.25, 0.3) is 0 Å². The zero-order valence-electron chi connectivity index (χ0n) is 18.2. The molecule has 0 heterocycles. The molecule has 0 aliphatic heterocycles. The fraction of sp³-hybridized carbons (Fsp3) is 0.857. The molecule has 0 rings (SSSR count). The molecule has 0 saturated heterocycles. The average Bonchev–Trinajstić information content (AvgIpc) is 2.55. The first-order valence-corrected chi connectivity index (χ1v) is 10.5. The lowest BCUT2D eigenvalue weighted by Gasteiger charge is -2.19. The Morgan fingerprint density at radius 3 is 1.63 bits per heavy atom. The van der Waals surface area contributed by atoms with Gasteiger partial charge in [-0.05, 0) is 43.4 Å². The maximum Gasteiger partial charge on any atom is 0.242 e. The minimum Gasteiger partial charge on any atom is -0.356 e. The summed E-state index contributed by atoms with van der Waals surface area (Å²) in [4.78, 5) is 36.6. The van der Waals surface area contributed by atoms with Crippen LogP contribution in [0.5, 0.6) is 0 Å². The lowest BCUT2D eigenvalue weighted by Crippen LogP contribution is -2.47. The number of hydrogen-bond donors (Lipinski definition) is 3. The van der Waals surface area contributed by atoms with Crippen molar-refractivity contribution in [1.82, 2.24) is 16.0 Å². The largest absolute Gasteiger partial charge is 0.356 e. The van der Waals surface area contributed by atoms with Gasteiger partial charge in [0.2, 0.25) is 17.7 Å². The van der Waals surface area contributed by atoms with E-state index in [0.717, 1.165) is 19.3 Å². The summed E-state index contributed by atoms with van der Waals surface area (Å²) in [7, 11) is 0. The first kappa shape index (κ1) is 25.4. The van der Waals surface area contributed by atoms with Crippen molar-refractivity contribution < 1.29 is 14.4 Å². The molecule has 0 aromatic heterocycles. The third-order valence-electron chi connectivity index (χ3n) is 4.33. The van der Waals surface area contributed by atoms with Gasteiger partial charge >= 0.3 is 0 Å². The first-order chi connectivity index (χ1) is 12.6. The van der Waals surface area contributed by atoms with Gasteiger partial charge in [0.05, 0.1) is 0 Å². The van der Waals surface area contributed by atoms with Gasteiger partial charge in [-0.3, -0.25) is 14.4 Å². The summed E-state index contributed by atoms with van der Waals surface area (Å²) in [5.41, 5.74) is 0. The van der Waals surface area contributed by atoms with Crippen LogP contribution in [0.25, 0.3) is 0 Å². The smallest absolute Gasteiger partial charge is 0.242 e. The van der Waals surface area contributed by atoms with Crippen molar-refractivity contribution in [3.05, 3.63) is 0 Å². The van der Waals surface area contributed by atoms with Crippen LogP contribution in [-0.4, -0.2) is 36.9 Å². The van der Waals surface area contributed by atoms with Crippen molar-refractivity contribution in [3.8, 4) is 0 Å². The molecule has 0 radical (unpaired) electrons. The van der Waals surface area contributed by atoms with E-state index in [9.17, 15) is 14.4 Å². The van der Waals surface area contributed by atoms with Gasteiger partial charge in [0, 0.05) is 25.9 Å². The number of rotatable bonds is 14. The molecule has 0 aliphatic carbocycles. The summed E-state index contributed by atoms with van der Waals surface area (Å²) >= 11 is 0. The lowest BCUT2D eigenvalue weighted by molar-refractivity contribution is -0.130. The Kier molecular flexibility index (Phi) is 13.6. The third kappa shape index (κ3) is 15.2. The summed E-state index contributed by atoms with van der Waals surface area (Å²) in [5.74, 6) is 1.05. The quantitative estimate of drug-likeness (QED) is 0.431. The lowest BCUT2D eigenvalue weighted by atomic mass is 10.1. The van der Waals surface area contributed by atoms with E-state index in [0.29, 0.717) is 43.7 Å². The molecular weight excluding hydrogens is 342 g/mol. The molecule has 0 aliphatic rings. The molecule has 0 saturated carbocycles. The highest BCUT2D eigenvalue weighted by Crippen LogP contribution is 2.06. The van der Waals surface area contributed by atoms with E-state index >= 15 is 0 Å². The fourth-order valence-electron chi connectivity index (χ4n) is 2.43. The molecular formula is C21H41N3O3. The summed E-state index contributed by atoms with van der Waals surface area (Å²) in [6, 6.07) is -0.660. The van der Waals surface area contributed by atoms with E-state index in [1.54, 1.807) is 0 Å². The second-order valence-corrected chi connectivity index (χ2v) is 8.60. The van der Waals surface area contributed by atoms with E-state index in [1.807, 2.05) is 0 Å². The van der Waals surface area contributed by atoms with Crippen molar-refractivity contribution >= 4 is 17.7 Å². The van der Waals surface area contributed by atoms with Crippen LogP contribution in [0, 0.1) is 17.8 Å². The second kappa shape index (κ2) is 14.5. The standard InChI is InChI=1S/C21H41N3O3/c1-15(2)7-9-20(26)24-18(21(27)23-14-12-17(5)6)8-10-19(25)22-13-11-16(3)4/h15-18H,7-14H2,1-6H3,(H,22,25)(H,23,27)(H,24,26)/t18-/m0/s1. The van der Waals surface area contributed by atoms with Gasteiger partial charge in [0.15, 0.2) is 0 Å². The van der Waals surface area contributed by atoms with Crippen molar-refractivity contribution in [2.75, 3.05) is 13.1 Å². The predicted molar refractivity (Wildman–Crippen MR) is 110 cm³/mol. The number of carbonyl (C=O) groups excluding carboxylic acids is 3. The van der Waals surface area contributed by atoms with Gasteiger partial charge < -0.3 is 16.0 Å². The number of amides is 3. The highest BCUT2D eigenvalue weighted by Gasteiger charge is 2.21. The summed E-state index contributed by atoms with van der Waals surface area (Å²) in [5, 5.41) is 8.57. The molecule has 0 aromatic carbocycles. The van der Waals surface area contributed by atoms with Crippen molar-refractivity contribution in [1.29, 1.82) is 0 Å². The van der Waals surface area contributed by atoms with Crippen LogP contribution >= 0.6 is 0 Å². The highest BCUT2D eigenvalue weighted by atomic mass is 16.2. The third-order valence-corrected chi connectivity index (χ3v) is 4.33. The molecule has 27 heavy (non-hydrogen) atoms. The van der Waals surface area contributed by atoms with Crippen LogP contribution in [0.3, 0.4) is 0 Å². The van der Waals surface area contributed by atoms with Crippen LogP contribution in [-0.2, 0) is 14.4 Å². The van der Waals surface area contributed by atoms with E-state index < -0.39 is 6.04 Å². The molecule has 0 fully saturated rings. The maximum absolute atomic E-state index is 12.5. The summed E-state index contributed by atoms with van der Waals surface area (Å²) in [6.07, 6.45) is 3.53. The van der Waals surface area contributed by atoms with Crippen LogP contribution < -0.4 is 16.0 Å². The highest BCUT2D eigenvalue weighted by molar-refractivity contribution is 5.88. The first-order valence-electron chi connectivity index (χ1n) is 10.5. The fourth-order valence-corrected chi connectivity index (χ4v) is 2.43. The molecule has 0 bridgehead atoms. The molecule has 6 heteroatoms. The molecule has 1 atom stereocenters. The van der Waals surface area contributed by atoms with E-state index in [-0.39, 0.29) is 24.1 Å². The Labute approximate surface area is 165 Å². The maximum atomic E-state index is 12.5. The Hall–Kier alpha value is -1.59. The Morgan fingerprint density at radius 2 is 1.11 bits per heavy atom. The number of nitrogens with one attached hydrogen (secondary N) is 3.